The summed E-state index contributed by atoms with van der Waals surface area (Å²) in [5.41, 5.74) is 2.54. The molecule has 1 unspecified atom stereocenters. The molecule has 1 atom stereocenters. The molecule has 1 saturated carbocycles. The Morgan fingerprint density at radius 1 is 1.05 bits per heavy atom. The van der Waals surface area contributed by atoms with Crippen molar-refractivity contribution in [3.05, 3.63) is 35.4 Å². The van der Waals surface area contributed by atoms with Gasteiger partial charge >= 0.3 is 0 Å². The quantitative estimate of drug-likeness (QED) is 0.897. The van der Waals surface area contributed by atoms with E-state index in [1.165, 1.54) is 17.5 Å². The highest BCUT2D eigenvalue weighted by atomic mass is 16.2. The second-order valence-electron chi connectivity index (χ2n) is 6.41. The molecule has 0 radical (unpaired) electrons. The van der Waals surface area contributed by atoms with Gasteiger partial charge in [0.05, 0.1) is 12.6 Å². The first-order valence-electron chi connectivity index (χ1n) is 8.39. The van der Waals surface area contributed by atoms with Crippen LogP contribution in [0.5, 0.6) is 0 Å². The molecular formula is C18H24N2O2. The second kappa shape index (κ2) is 6.95. The average Bonchev–Trinajstić information content (AvgIpc) is 2.97. The Bertz CT molecular complexity index is 550. The Hall–Kier alpha value is -1.84. The van der Waals surface area contributed by atoms with Crippen molar-refractivity contribution in [1.82, 2.24) is 10.6 Å². The lowest BCUT2D eigenvalue weighted by Crippen LogP contribution is -2.40. The van der Waals surface area contributed by atoms with E-state index in [0.717, 1.165) is 38.5 Å². The van der Waals surface area contributed by atoms with E-state index >= 15 is 0 Å². The largest absolute Gasteiger partial charge is 0.348 e. The van der Waals surface area contributed by atoms with Crippen molar-refractivity contribution < 1.29 is 9.59 Å². The number of aryl methyl sites for hydroxylation is 1. The molecule has 0 heterocycles. The Balaban J connectivity index is 1.46. The zero-order valence-corrected chi connectivity index (χ0v) is 12.9. The molecule has 118 valence electrons. The number of rotatable bonds is 4. The molecule has 2 N–H and O–H groups in total. The van der Waals surface area contributed by atoms with Gasteiger partial charge in [0.25, 0.3) is 0 Å². The first kappa shape index (κ1) is 15.1. The number of carbonyl (C=O) groups is 2. The normalized spacial score (nSPS) is 21.2. The van der Waals surface area contributed by atoms with Gasteiger partial charge in [-0.25, -0.2) is 0 Å². The number of hydrogen-bond donors (Lipinski definition) is 2. The lowest BCUT2D eigenvalue weighted by molar-refractivity contribution is -0.129. The minimum Gasteiger partial charge on any atom is -0.348 e. The fourth-order valence-electron chi connectivity index (χ4n) is 3.63. The summed E-state index contributed by atoms with van der Waals surface area (Å²) in [5, 5.41) is 5.84. The minimum atomic E-state index is -0.0918. The number of amides is 2. The highest BCUT2D eigenvalue weighted by molar-refractivity contribution is 5.86. The van der Waals surface area contributed by atoms with Crippen LogP contribution in [0.2, 0.25) is 0 Å². The standard InChI is InChI=1S/C18H24N2O2/c21-17(12-19-18(22)14-7-2-1-3-8-14)20-16-11-10-13-6-4-5-9-15(13)16/h4-6,9,14,16H,1-3,7-8,10-12H2,(H,19,22)(H,20,21). The predicted octanol–water partition coefficient (Wildman–Crippen LogP) is 2.49. The SMILES string of the molecule is O=C(CNC(=O)C1CCCCC1)NC1CCc2ccccc21. The van der Waals surface area contributed by atoms with Crippen molar-refractivity contribution in [3.8, 4) is 0 Å². The molecule has 22 heavy (non-hydrogen) atoms. The van der Waals surface area contributed by atoms with Crippen LogP contribution in [0, 0.1) is 5.92 Å². The van der Waals surface area contributed by atoms with E-state index in [9.17, 15) is 9.59 Å². The van der Waals surface area contributed by atoms with Gasteiger partial charge in [-0.1, -0.05) is 43.5 Å². The number of hydrogen-bond acceptors (Lipinski definition) is 2. The third-order valence-electron chi connectivity index (χ3n) is 4.87. The van der Waals surface area contributed by atoms with E-state index in [4.69, 9.17) is 0 Å². The molecule has 2 aliphatic rings. The molecular weight excluding hydrogens is 276 g/mol. The van der Waals surface area contributed by atoms with Crippen molar-refractivity contribution in [1.29, 1.82) is 0 Å². The lowest BCUT2D eigenvalue weighted by Gasteiger charge is -2.21. The van der Waals surface area contributed by atoms with Crippen LogP contribution >= 0.6 is 0 Å². The third kappa shape index (κ3) is 3.49. The third-order valence-corrected chi connectivity index (χ3v) is 4.87. The summed E-state index contributed by atoms with van der Waals surface area (Å²) in [6, 6.07) is 8.33. The molecule has 4 nitrogen and oxygen atoms in total. The van der Waals surface area contributed by atoms with Crippen LogP contribution in [0.1, 0.15) is 55.7 Å². The Morgan fingerprint density at radius 2 is 1.82 bits per heavy atom. The summed E-state index contributed by atoms with van der Waals surface area (Å²) in [6.45, 7) is 0.0913. The number of benzene rings is 1. The Kier molecular flexibility index (Phi) is 4.76. The molecule has 4 heteroatoms. The summed E-state index contributed by atoms with van der Waals surface area (Å²) in [6.07, 6.45) is 7.36. The van der Waals surface area contributed by atoms with Crippen LogP contribution in [0.15, 0.2) is 24.3 Å². The van der Waals surface area contributed by atoms with Crippen LogP contribution in [-0.4, -0.2) is 18.4 Å². The van der Waals surface area contributed by atoms with Gasteiger partial charge in [-0.05, 0) is 36.8 Å². The van der Waals surface area contributed by atoms with E-state index in [1.807, 2.05) is 12.1 Å². The van der Waals surface area contributed by atoms with Crippen LogP contribution in [0.3, 0.4) is 0 Å². The summed E-state index contributed by atoms with van der Waals surface area (Å²) in [4.78, 5) is 24.1. The maximum absolute atomic E-state index is 12.1. The van der Waals surface area contributed by atoms with Crippen molar-refractivity contribution in [3.63, 3.8) is 0 Å². The zero-order valence-electron chi connectivity index (χ0n) is 12.9. The van der Waals surface area contributed by atoms with Crippen molar-refractivity contribution >= 4 is 11.8 Å². The van der Waals surface area contributed by atoms with Gasteiger partial charge in [0.2, 0.25) is 11.8 Å². The van der Waals surface area contributed by atoms with Crippen molar-refractivity contribution in [2.24, 2.45) is 5.92 Å². The fourth-order valence-corrected chi connectivity index (χ4v) is 3.63. The lowest BCUT2D eigenvalue weighted by atomic mass is 9.89. The minimum absolute atomic E-state index is 0.0432. The van der Waals surface area contributed by atoms with Crippen LogP contribution in [-0.2, 0) is 16.0 Å². The summed E-state index contributed by atoms with van der Waals surface area (Å²) in [5.74, 6) is 0.0568. The number of carbonyl (C=O) groups excluding carboxylic acids is 2. The maximum Gasteiger partial charge on any atom is 0.239 e. The Morgan fingerprint density at radius 3 is 2.64 bits per heavy atom. The molecule has 3 rings (SSSR count). The van der Waals surface area contributed by atoms with Gasteiger partial charge in [0.15, 0.2) is 0 Å². The first-order chi connectivity index (χ1) is 10.7. The van der Waals surface area contributed by atoms with Gasteiger partial charge in [-0.15, -0.1) is 0 Å². The molecule has 0 saturated heterocycles. The molecule has 0 aromatic heterocycles. The monoisotopic (exact) mass is 300 g/mol. The topological polar surface area (TPSA) is 58.2 Å². The van der Waals surface area contributed by atoms with Crippen LogP contribution in [0.4, 0.5) is 0 Å². The first-order valence-corrected chi connectivity index (χ1v) is 8.39. The van der Waals surface area contributed by atoms with Gasteiger partial charge in [0, 0.05) is 5.92 Å². The number of nitrogens with one attached hydrogen (secondary N) is 2. The zero-order chi connectivity index (χ0) is 15.4. The molecule has 0 aliphatic heterocycles. The van der Waals surface area contributed by atoms with Gasteiger partial charge in [-0.3, -0.25) is 9.59 Å². The van der Waals surface area contributed by atoms with E-state index in [-0.39, 0.29) is 30.3 Å². The van der Waals surface area contributed by atoms with E-state index in [2.05, 4.69) is 22.8 Å². The predicted molar refractivity (Wildman–Crippen MR) is 85.2 cm³/mol. The number of fused-ring (bicyclic) bond motifs is 1. The van der Waals surface area contributed by atoms with Crippen LogP contribution in [0.25, 0.3) is 0 Å². The van der Waals surface area contributed by atoms with Gasteiger partial charge in [-0.2, -0.15) is 0 Å². The molecule has 0 bridgehead atoms. The van der Waals surface area contributed by atoms with E-state index < -0.39 is 0 Å². The van der Waals surface area contributed by atoms with Gasteiger partial charge < -0.3 is 10.6 Å². The summed E-state index contributed by atoms with van der Waals surface area (Å²) in [7, 11) is 0. The summed E-state index contributed by atoms with van der Waals surface area (Å²) >= 11 is 0. The second-order valence-corrected chi connectivity index (χ2v) is 6.41. The molecule has 2 aliphatic carbocycles. The van der Waals surface area contributed by atoms with Crippen molar-refractivity contribution in [2.75, 3.05) is 6.54 Å². The smallest absolute Gasteiger partial charge is 0.239 e. The highest BCUT2D eigenvalue weighted by Crippen LogP contribution is 2.30. The van der Waals surface area contributed by atoms with Crippen molar-refractivity contribution in [2.45, 2.75) is 51.0 Å². The molecule has 1 aromatic rings. The van der Waals surface area contributed by atoms with Gasteiger partial charge in [0.1, 0.15) is 0 Å². The van der Waals surface area contributed by atoms with E-state index in [0.29, 0.717) is 0 Å². The fraction of sp³-hybridized carbons (Fsp3) is 0.556. The maximum atomic E-state index is 12.1. The van der Waals surface area contributed by atoms with E-state index in [1.54, 1.807) is 0 Å². The molecule has 1 fully saturated rings. The molecule has 0 spiro atoms. The summed E-state index contributed by atoms with van der Waals surface area (Å²) < 4.78 is 0. The highest BCUT2D eigenvalue weighted by Gasteiger charge is 2.24. The average molecular weight is 300 g/mol. The molecule has 1 aromatic carbocycles. The van der Waals surface area contributed by atoms with Crippen LogP contribution < -0.4 is 10.6 Å². The Labute approximate surface area is 131 Å². The molecule has 2 amide bonds.